The van der Waals surface area contributed by atoms with Crippen LogP contribution in [0, 0.1) is 0 Å². The van der Waals surface area contributed by atoms with Crippen LogP contribution in [0.15, 0.2) is 91.1 Å². The van der Waals surface area contributed by atoms with Gasteiger partial charge in [0.2, 0.25) is 17.7 Å². The molecule has 0 bridgehead atoms. The number of rotatable bonds is 10. The fourth-order valence-electron chi connectivity index (χ4n) is 9.14. The molecule has 0 spiro atoms. The smallest absolute Gasteiger partial charge is 0.318 e. The molecule has 3 aromatic carbocycles. The standard InChI is InChI=1S/C45H54N8O5/c46-39(33-9-3-1-4-10-33)43(55)53-24-8-14-38(53)42(54)48-35-21-19-31(20-22-35)30-15-17-32(18-16-30)36-29-47-41(49-36)37-13-7-23-52(37)44(56)40(34-11-5-2-6-12-34)50-45(57)51-25-27-58-28-26-51/h1-6,9-12,15-18,29,31,35,37-40H,7-8,13-14,19-28,46H2,(H,47,49)(H,48,54)(H,50,57)/t31-,35+,37-,38-,39+,40+/m0/s1. The van der Waals surface area contributed by atoms with Crippen molar-refractivity contribution in [2.24, 2.45) is 5.73 Å². The van der Waals surface area contributed by atoms with E-state index in [4.69, 9.17) is 15.5 Å². The van der Waals surface area contributed by atoms with Crippen molar-refractivity contribution in [3.05, 3.63) is 114 Å². The number of nitrogens with two attached hydrogens (primary N) is 1. The molecule has 1 aromatic heterocycles. The van der Waals surface area contributed by atoms with Crippen molar-refractivity contribution in [2.45, 2.75) is 87.5 Å². The summed E-state index contributed by atoms with van der Waals surface area (Å²) >= 11 is 0. The highest BCUT2D eigenvalue weighted by Crippen LogP contribution is 2.36. The Bertz CT molecular complexity index is 2030. The molecule has 1 saturated carbocycles. The second-order valence-electron chi connectivity index (χ2n) is 16.0. The van der Waals surface area contributed by atoms with Gasteiger partial charge in [-0.1, -0.05) is 84.9 Å². The number of ether oxygens (including phenoxy) is 1. The molecule has 13 heteroatoms. The van der Waals surface area contributed by atoms with E-state index in [1.165, 1.54) is 5.56 Å². The summed E-state index contributed by atoms with van der Waals surface area (Å²) in [5.74, 6) is 0.713. The van der Waals surface area contributed by atoms with Crippen LogP contribution in [0.25, 0.3) is 11.3 Å². The third kappa shape index (κ3) is 8.65. The molecule has 13 nitrogen and oxygen atoms in total. The van der Waals surface area contributed by atoms with Gasteiger partial charge in [-0.15, -0.1) is 0 Å². The highest BCUT2D eigenvalue weighted by molar-refractivity contribution is 5.91. The monoisotopic (exact) mass is 786 g/mol. The Morgan fingerprint density at radius 1 is 0.741 bits per heavy atom. The summed E-state index contributed by atoms with van der Waals surface area (Å²) in [7, 11) is 0. The molecule has 4 heterocycles. The maximum Gasteiger partial charge on any atom is 0.318 e. The first-order valence-electron chi connectivity index (χ1n) is 20.9. The van der Waals surface area contributed by atoms with Gasteiger partial charge in [0.15, 0.2) is 0 Å². The van der Waals surface area contributed by atoms with Gasteiger partial charge in [0, 0.05) is 32.2 Å². The lowest BCUT2D eigenvalue weighted by Crippen LogP contribution is -2.51. The van der Waals surface area contributed by atoms with Crippen molar-refractivity contribution in [1.29, 1.82) is 0 Å². The zero-order chi connectivity index (χ0) is 40.0. The van der Waals surface area contributed by atoms with Crippen molar-refractivity contribution < 1.29 is 23.9 Å². The Kier molecular flexibility index (Phi) is 12.2. The van der Waals surface area contributed by atoms with Gasteiger partial charge >= 0.3 is 6.03 Å². The largest absolute Gasteiger partial charge is 0.378 e. The first kappa shape index (κ1) is 39.3. The number of nitrogens with one attached hydrogen (secondary N) is 3. The van der Waals surface area contributed by atoms with Crippen LogP contribution in [0.5, 0.6) is 0 Å². The number of morpholine rings is 1. The first-order valence-corrected chi connectivity index (χ1v) is 20.9. The molecule has 5 N–H and O–H groups in total. The Morgan fingerprint density at radius 3 is 2.10 bits per heavy atom. The number of urea groups is 1. The molecule has 3 saturated heterocycles. The summed E-state index contributed by atoms with van der Waals surface area (Å²) < 4.78 is 5.42. The normalized spacial score (nSPS) is 23.3. The lowest BCUT2D eigenvalue weighted by Gasteiger charge is -2.32. The van der Waals surface area contributed by atoms with Gasteiger partial charge in [-0.05, 0) is 79.5 Å². The van der Waals surface area contributed by atoms with Crippen molar-refractivity contribution in [2.75, 3.05) is 39.4 Å². The summed E-state index contributed by atoms with van der Waals surface area (Å²) in [4.78, 5) is 67.7. The highest BCUT2D eigenvalue weighted by Gasteiger charge is 2.39. The fourth-order valence-corrected chi connectivity index (χ4v) is 9.14. The number of H-pyrrole nitrogens is 1. The number of carbonyl (C=O) groups is 4. The van der Waals surface area contributed by atoms with E-state index in [0.29, 0.717) is 51.7 Å². The molecule has 4 aromatic rings. The van der Waals surface area contributed by atoms with Crippen LogP contribution in [0.1, 0.15) is 97.9 Å². The van der Waals surface area contributed by atoms with Crippen LogP contribution in [0.2, 0.25) is 0 Å². The molecule has 0 unspecified atom stereocenters. The predicted molar refractivity (Wildman–Crippen MR) is 219 cm³/mol. The summed E-state index contributed by atoms with van der Waals surface area (Å²) in [6, 6.07) is 24.9. The van der Waals surface area contributed by atoms with Crippen LogP contribution in [-0.2, 0) is 19.1 Å². The average Bonchev–Trinajstić information content (AvgIpc) is 4.08. The quantitative estimate of drug-likeness (QED) is 0.168. The van der Waals surface area contributed by atoms with E-state index in [2.05, 4.69) is 39.9 Å². The van der Waals surface area contributed by atoms with E-state index >= 15 is 0 Å². The maximum atomic E-state index is 14.2. The molecule has 5 amide bonds. The molecule has 8 rings (SSSR count). The first-order chi connectivity index (χ1) is 28.3. The maximum absolute atomic E-state index is 14.2. The van der Waals surface area contributed by atoms with Gasteiger partial charge in [0.05, 0.1) is 31.1 Å². The SMILES string of the molecule is N[C@@H](C(=O)N1CCC[C@H]1C(=O)N[C@H]1CC[C@@H](c2ccc(-c3cnc([C@@H]4CCCN4C(=O)[C@H](NC(=O)N4CCOCC4)c4ccccc4)[nH]3)cc2)CC1)c1ccccc1. The van der Waals surface area contributed by atoms with Gasteiger partial charge in [-0.2, -0.15) is 0 Å². The minimum atomic E-state index is -0.816. The number of carbonyl (C=O) groups excluding carboxylic acids is 4. The van der Waals surface area contributed by atoms with Gasteiger partial charge in [-0.3, -0.25) is 14.4 Å². The Morgan fingerprint density at radius 2 is 1.40 bits per heavy atom. The van der Waals surface area contributed by atoms with Gasteiger partial charge in [0.25, 0.3) is 0 Å². The topological polar surface area (TPSA) is 166 Å². The number of imidazole rings is 1. The van der Waals surface area contributed by atoms with E-state index in [-0.39, 0.29) is 35.8 Å². The lowest BCUT2D eigenvalue weighted by atomic mass is 9.81. The van der Waals surface area contributed by atoms with E-state index in [9.17, 15) is 19.2 Å². The van der Waals surface area contributed by atoms with Crippen LogP contribution < -0.4 is 16.4 Å². The third-order valence-corrected chi connectivity index (χ3v) is 12.4. The van der Waals surface area contributed by atoms with Gasteiger partial charge < -0.3 is 40.8 Å². The van der Waals surface area contributed by atoms with Crippen LogP contribution in [0.3, 0.4) is 0 Å². The number of amides is 5. The number of nitrogens with zero attached hydrogens (tertiary/aromatic N) is 4. The van der Waals surface area contributed by atoms with Crippen molar-refractivity contribution in [3.8, 4) is 11.3 Å². The summed E-state index contributed by atoms with van der Waals surface area (Å²) in [5.41, 5.74) is 11.0. The molecule has 3 aliphatic heterocycles. The molecule has 4 fully saturated rings. The molecule has 0 radical (unpaired) electrons. The number of benzene rings is 3. The van der Waals surface area contributed by atoms with E-state index < -0.39 is 18.1 Å². The third-order valence-electron chi connectivity index (χ3n) is 12.4. The number of aromatic nitrogens is 2. The Balaban J connectivity index is 0.857. The Hall–Kier alpha value is -5.53. The minimum Gasteiger partial charge on any atom is -0.378 e. The predicted octanol–water partition coefficient (Wildman–Crippen LogP) is 5.36. The summed E-state index contributed by atoms with van der Waals surface area (Å²) in [5, 5.41) is 6.29. The zero-order valence-corrected chi connectivity index (χ0v) is 32.9. The van der Waals surface area contributed by atoms with Crippen LogP contribution in [-0.4, -0.2) is 99.9 Å². The van der Waals surface area contributed by atoms with Crippen molar-refractivity contribution >= 4 is 23.8 Å². The van der Waals surface area contributed by atoms with E-state index in [1.807, 2.05) is 71.8 Å². The zero-order valence-electron chi connectivity index (χ0n) is 32.9. The van der Waals surface area contributed by atoms with Crippen LogP contribution in [0.4, 0.5) is 4.79 Å². The molecule has 4 atom stereocenters. The molecule has 58 heavy (non-hydrogen) atoms. The molecule has 304 valence electrons. The van der Waals surface area contributed by atoms with E-state index in [0.717, 1.165) is 73.2 Å². The Labute approximate surface area is 339 Å². The lowest BCUT2D eigenvalue weighted by molar-refractivity contribution is -0.139. The molecule has 4 aliphatic rings. The fraction of sp³-hybridized carbons (Fsp3) is 0.444. The highest BCUT2D eigenvalue weighted by atomic mass is 16.5. The summed E-state index contributed by atoms with van der Waals surface area (Å²) in [6.45, 7) is 3.07. The number of aromatic amines is 1. The number of hydrogen-bond donors (Lipinski definition) is 4. The van der Waals surface area contributed by atoms with Gasteiger partial charge in [0.1, 0.15) is 23.9 Å². The van der Waals surface area contributed by atoms with Crippen molar-refractivity contribution in [3.63, 3.8) is 0 Å². The number of hydrogen-bond acceptors (Lipinski definition) is 7. The van der Waals surface area contributed by atoms with Crippen LogP contribution >= 0.6 is 0 Å². The average molecular weight is 787 g/mol. The molecular weight excluding hydrogens is 733 g/mol. The number of likely N-dealkylation sites (tertiary alicyclic amines) is 2. The summed E-state index contributed by atoms with van der Waals surface area (Å²) in [6.07, 6.45) is 8.59. The second-order valence-corrected chi connectivity index (χ2v) is 16.0. The van der Waals surface area contributed by atoms with E-state index in [1.54, 1.807) is 9.80 Å². The minimum absolute atomic E-state index is 0.0745. The van der Waals surface area contributed by atoms with Gasteiger partial charge in [-0.25, -0.2) is 9.78 Å². The second kappa shape index (κ2) is 17.9. The van der Waals surface area contributed by atoms with Crippen molar-refractivity contribution in [1.82, 2.24) is 35.3 Å². The molecule has 1 aliphatic carbocycles. The molecular formula is C45H54N8O5.